The Bertz CT molecular complexity index is 350. The highest BCUT2D eigenvalue weighted by molar-refractivity contribution is 5.43. The summed E-state index contributed by atoms with van der Waals surface area (Å²) in [7, 11) is 1.58. The third kappa shape index (κ3) is 4.55. The van der Waals surface area contributed by atoms with Gasteiger partial charge in [-0.2, -0.15) is 0 Å². The van der Waals surface area contributed by atoms with E-state index in [0.717, 1.165) is 18.6 Å². The lowest BCUT2D eigenvalue weighted by Gasteiger charge is -2.13. The lowest BCUT2D eigenvalue weighted by molar-refractivity contribution is 0.0994. The zero-order valence-corrected chi connectivity index (χ0v) is 11.3. The fourth-order valence-electron chi connectivity index (χ4n) is 1.52. The van der Waals surface area contributed by atoms with E-state index in [-0.39, 0.29) is 0 Å². The van der Waals surface area contributed by atoms with Crippen LogP contribution in [0.3, 0.4) is 0 Å². The van der Waals surface area contributed by atoms with Crippen molar-refractivity contribution in [2.45, 2.75) is 26.4 Å². The molecule has 4 heteroatoms. The average Bonchev–Trinajstić information content (AvgIpc) is 2.38. The van der Waals surface area contributed by atoms with E-state index in [0.29, 0.717) is 24.7 Å². The smallest absolute Gasteiger partial charge is 0.161 e. The van der Waals surface area contributed by atoms with Gasteiger partial charge in [0.15, 0.2) is 11.5 Å². The van der Waals surface area contributed by atoms with Crippen molar-refractivity contribution < 1.29 is 19.3 Å². The molecule has 0 aliphatic rings. The number of ether oxygens (including phenoxy) is 3. The first-order valence-corrected chi connectivity index (χ1v) is 6.25. The Morgan fingerprint density at radius 2 is 1.94 bits per heavy atom. The highest BCUT2D eigenvalue weighted by atomic mass is 16.5. The van der Waals surface area contributed by atoms with Gasteiger partial charge in [-0.3, -0.25) is 0 Å². The third-order valence-electron chi connectivity index (χ3n) is 2.50. The second-order valence-electron chi connectivity index (χ2n) is 4.05. The van der Waals surface area contributed by atoms with E-state index < -0.39 is 6.10 Å². The van der Waals surface area contributed by atoms with Crippen molar-refractivity contribution in [3.63, 3.8) is 0 Å². The van der Waals surface area contributed by atoms with Crippen LogP contribution in [-0.4, -0.2) is 32.0 Å². The molecule has 0 saturated heterocycles. The largest absolute Gasteiger partial charge is 0.493 e. The minimum absolute atomic E-state index is 0.490. The molecule has 0 saturated carbocycles. The van der Waals surface area contributed by atoms with E-state index in [4.69, 9.17) is 14.2 Å². The molecule has 0 spiro atoms. The van der Waals surface area contributed by atoms with Crippen molar-refractivity contribution >= 4 is 0 Å². The van der Waals surface area contributed by atoms with Gasteiger partial charge in [0, 0.05) is 6.61 Å². The lowest BCUT2D eigenvalue weighted by atomic mass is 10.1. The van der Waals surface area contributed by atoms with Crippen LogP contribution in [-0.2, 0) is 4.74 Å². The van der Waals surface area contributed by atoms with E-state index in [1.165, 1.54) is 0 Å². The minimum Gasteiger partial charge on any atom is -0.493 e. The molecule has 0 heterocycles. The van der Waals surface area contributed by atoms with Gasteiger partial charge < -0.3 is 19.3 Å². The number of rotatable bonds is 8. The monoisotopic (exact) mass is 254 g/mol. The Morgan fingerprint density at radius 3 is 2.56 bits per heavy atom. The highest BCUT2D eigenvalue weighted by Crippen LogP contribution is 2.30. The first kappa shape index (κ1) is 14.8. The maximum absolute atomic E-state index is 9.49. The zero-order valence-electron chi connectivity index (χ0n) is 11.3. The van der Waals surface area contributed by atoms with Crippen LogP contribution in [0.4, 0.5) is 0 Å². The van der Waals surface area contributed by atoms with Crippen molar-refractivity contribution in [3.05, 3.63) is 23.8 Å². The molecule has 1 aromatic rings. The molecule has 0 aromatic heterocycles. The van der Waals surface area contributed by atoms with Gasteiger partial charge in [-0.05, 0) is 31.0 Å². The summed E-state index contributed by atoms with van der Waals surface area (Å²) in [6.07, 6.45) is 0.493. The topological polar surface area (TPSA) is 47.9 Å². The molecule has 0 fully saturated rings. The van der Waals surface area contributed by atoms with Gasteiger partial charge >= 0.3 is 0 Å². The van der Waals surface area contributed by atoms with E-state index in [1.807, 2.05) is 6.07 Å². The molecular weight excluding hydrogens is 232 g/mol. The number of hydrogen-bond donors (Lipinski definition) is 1. The summed E-state index contributed by atoms with van der Waals surface area (Å²) in [5.41, 5.74) is 0.807. The van der Waals surface area contributed by atoms with Crippen molar-refractivity contribution in [1.82, 2.24) is 0 Å². The summed E-state index contributed by atoms with van der Waals surface area (Å²) in [6, 6.07) is 5.42. The van der Waals surface area contributed by atoms with Crippen molar-refractivity contribution in [3.8, 4) is 11.5 Å². The summed E-state index contributed by atoms with van der Waals surface area (Å²) in [6.45, 7) is 5.59. The number of benzene rings is 1. The first-order valence-electron chi connectivity index (χ1n) is 6.25. The van der Waals surface area contributed by atoms with Crippen molar-refractivity contribution in [2.75, 3.05) is 26.9 Å². The predicted molar refractivity (Wildman–Crippen MR) is 70.2 cm³/mol. The number of methoxy groups -OCH3 is 1. The molecule has 0 unspecified atom stereocenters. The SMILES string of the molecule is CCCOCCOc1ccc([C@@H](C)O)cc1OC. The number of hydrogen-bond acceptors (Lipinski definition) is 4. The van der Waals surface area contributed by atoms with Crippen LogP contribution in [0.25, 0.3) is 0 Å². The molecule has 0 aliphatic carbocycles. The van der Waals surface area contributed by atoms with Gasteiger partial charge in [0.2, 0.25) is 0 Å². The third-order valence-corrected chi connectivity index (χ3v) is 2.50. The zero-order chi connectivity index (χ0) is 13.4. The van der Waals surface area contributed by atoms with E-state index in [1.54, 1.807) is 26.2 Å². The number of aliphatic hydroxyl groups excluding tert-OH is 1. The molecule has 1 rings (SSSR count). The van der Waals surface area contributed by atoms with Gasteiger partial charge in [0.1, 0.15) is 6.61 Å². The Morgan fingerprint density at radius 1 is 1.17 bits per heavy atom. The summed E-state index contributed by atoms with van der Waals surface area (Å²) < 4.78 is 16.1. The summed E-state index contributed by atoms with van der Waals surface area (Å²) in [4.78, 5) is 0. The van der Waals surface area contributed by atoms with Crippen LogP contribution in [0.1, 0.15) is 31.9 Å². The van der Waals surface area contributed by atoms with Crippen LogP contribution in [0, 0.1) is 0 Å². The molecule has 1 aromatic carbocycles. The lowest BCUT2D eigenvalue weighted by Crippen LogP contribution is -2.08. The predicted octanol–water partition coefficient (Wildman–Crippen LogP) is 2.55. The van der Waals surface area contributed by atoms with Gasteiger partial charge in [0.05, 0.1) is 19.8 Å². The van der Waals surface area contributed by atoms with E-state index >= 15 is 0 Å². The second kappa shape index (κ2) is 7.95. The van der Waals surface area contributed by atoms with Crippen LogP contribution >= 0.6 is 0 Å². The van der Waals surface area contributed by atoms with Gasteiger partial charge in [-0.15, -0.1) is 0 Å². The Balaban J connectivity index is 2.54. The van der Waals surface area contributed by atoms with Crippen LogP contribution < -0.4 is 9.47 Å². The molecule has 0 aliphatic heterocycles. The Kier molecular flexibility index (Phi) is 6.54. The fourth-order valence-corrected chi connectivity index (χ4v) is 1.52. The van der Waals surface area contributed by atoms with E-state index in [2.05, 4.69) is 6.92 Å². The molecule has 4 nitrogen and oxygen atoms in total. The molecule has 1 N–H and O–H groups in total. The minimum atomic E-state index is -0.513. The van der Waals surface area contributed by atoms with Crippen LogP contribution in [0.5, 0.6) is 11.5 Å². The van der Waals surface area contributed by atoms with Crippen molar-refractivity contribution in [1.29, 1.82) is 0 Å². The Labute approximate surface area is 108 Å². The molecule has 0 bridgehead atoms. The van der Waals surface area contributed by atoms with Gasteiger partial charge in [-0.25, -0.2) is 0 Å². The average molecular weight is 254 g/mol. The summed E-state index contributed by atoms with van der Waals surface area (Å²) in [5.74, 6) is 1.30. The highest BCUT2D eigenvalue weighted by Gasteiger charge is 2.08. The quantitative estimate of drug-likeness (QED) is 0.724. The summed E-state index contributed by atoms with van der Waals surface area (Å²) >= 11 is 0. The molecule has 102 valence electrons. The standard InChI is InChI=1S/C14H22O4/c1-4-7-17-8-9-18-13-6-5-12(11(2)15)10-14(13)16-3/h5-6,10-11,15H,4,7-9H2,1-3H3/t11-/m1/s1. The van der Waals surface area contributed by atoms with Gasteiger partial charge in [0.25, 0.3) is 0 Å². The Hall–Kier alpha value is -1.26. The molecule has 1 atom stereocenters. The normalized spacial score (nSPS) is 12.2. The molecule has 18 heavy (non-hydrogen) atoms. The molecule has 0 amide bonds. The maximum Gasteiger partial charge on any atom is 0.161 e. The number of aliphatic hydroxyl groups is 1. The van der Waals surface area contributed by atoms with Crippen molar-refractivity contribution in [2.24, 2.45) is 0 Å². The molecular formula is C14H22O4. The van der Waals surface area contributed by atoms with Crippen LogP contribution in [0.2, 0.25) is 0 Å². The molecule has 0 radical (unpaired) electrons. The first-order chi connectivity index (χ1) is 8.69. The fraction of sp³-hybridized carbons (Fsp3) is 0.571. The summed E-state index contributed by atoms with van der Waals surface area (Å²) in [5, 5.41) is 9.49. The van der Waals surface area contributed by atoms with Gasteiger partial charge in [-0.1, -0.05) is 13.0 Å². The van der Waals surface area contributed by atoms with E-state index in [9.17, 15) is 5.11 Å². The second-order valence-corrected chi connectivity index (χ2v) is 4.05. The maximum atomic E-state index is 9.49. The van der Waals surface area contributed by atoms with Crippen LogP contribution in [0.15, 0.2) is 18.2 Å².